The number of furan rings is 1. The van der Waals surface area contributed by atoms with Gasteiger partial charge in [0.25, 0.3) is 0 Å². The maximum atomic E-state index is 12.0. The van der Waals surface area contributed by atoms with Crippen LogP contribution in [0, 0.1) is 0 Å². The van der Waals surface area contributed by atoms with Crippen LogP contribution in [0.5, 0.6) is 0 Å². The molecule has 0 saturated carbocycles. The van der Waals surface area contributed by atoms with E-state index in [-0.39, 0.29) is 5.76 Å². The molecule has 0 amide bonds. The van der Waals surface area contributed by atoms with Crippen LogP contribution in [0.3, 0.4) is 0 Å². The molecule has 2 rings (SSSR count). The molecule has 4 heteroatoms. The van der Waals surface area contributed by atoms with Gasteiger partial charge in [-0.3, -0.25) is 0 Å². The summed E-state index contributed by atoms with van der Waals surface area (Å²) in [5.41, 5.74) is 0.492. The highest BCUT2D eigenvalue weighted by molar-refractivity contribution is 5.77. The van der Waals surface area contributed by atoms with Crippen molar-refractivity contribution < 1.29 is 17.6 Å². The fraction of sp³-hybridized carbons (Fsp3) is 0.200. The first-order valence-electron chi connectivity index (χ1n) is 4.09. The van der Waals surface area contributed by atoms with Gasteiger partial charge in [-0.2, -0.15) is 13.2 Å². The first-order chi connectivity index (χ1) is 6.54. The summed E-state index contributed by atoms with van der Waals surface area (Å²) in [6, 6.07) is 8.27. The van der Waals surface area contributed by atoms with Crippen molar-refractivity contribution >= 4 is 11.0 Å². The predicted molar refractivity (Wildman–Crippen MR) is 46.0 cm³/mol. The summed E-state index contributed by atoms with van der Waals surface area (Å²) >= 11 is 0. The zero-order chi connectivity index (χ0) is 10.2. The van der Waals surface area contributed by atoms with Crippen LogP contribution in [0.2, 0.25) is 0 Å². The van der Waals surface area contributed by atoms with E-state index in [4.69, 9.17) is 4.42 Å². The molecule has 14 heavy (non-hydrogen) atoms. The van der Waals surface area contributed by atoms with Crippen LogP contribution < -0.4 is 0 Å². The Kier molecular flexibility index (Phi) is 1.98. The quantitative estimate of drug-likeness (QED) is 0.686. The fourth-order valence-corrected chi connectivity index (χ4v) is 1.32. The first-order valence-corrected chi connectivity index (χ1v) is 4.09. The lowest BCUT2D eigenvalue weighted by Crippen LogP contribution is -2.10. The van der Waals surface area contributed by atoms with Gasteiger partial charge in [-0.05, 0) is 12.1 Å². The van der Waals surface area contributed by atoms with Crippen molar-refractivity contribution in [1.82, 2.24) is 0 Å². The maximum Gasteiger partial charge on any atom is 0.396 e. The minimum atomic E-state index is -4.21. The standard InChI is InChI=1S/C10H7F3O/c11-10(12,13)6-8-5-7-3-1-2-4-9(7)14-8/h1-5H,6H2. The average Bonchev–Trinajstić information content (AvgIpc) is 2.42. The highest BCUT2D eigenvalue weighted by atomic mass is 19.4. The van der Waals surface area contributed by atoms with Gasteiger partial charge in [-0.1, -0.05) is 18.2 Å². The monoisotopic (exact) mass is 200 g/mol. The molecule has 0 saturated heterocycles. The number of alkyl halides is 3. The number of fused-ring (bicyclic) bond motifs is 1. The number of hydrogen-bond donors (Lipinski definition) is 0. The third-order valence-corrected chi connectivity index (χ3v) is 1.85. The lowest BCUT2D eigenvalue weighted by Gasteiger charge is -2.01. The number of rotatable bonds is 1. The molecular weight excluding hydrogens is 193 g/mol. The van der Waals surface area contributed by atoms with E-state index in [0.29, 0.717) is 11.0 Å². The molecule has 1 heterocycles. The SMILES string of the molecule is FC(F)(F)Cc1cc2ccccc2o1. The third kappa shape index (κ3) is 1.89. The van der Waals surface area contributed by atoms with Crippen molar-refractivity contribution in [2.75, 3.05) is 0 Å². The molecule has 74 valence electrons. The number of para-hydroxylation sites is 1. The Bertz CT molecular complexity index is 409. The molecule has 0 aliphatic rings. The highest BCUT2D eigenvalue weighted by Crippen LogP contribution is 2.25. The van der Waals surface area contributed by atoms with E-state index in [9.17, 15) is 13.2 Å². The Morgan fingerprint density at radius 3 is 2.50 bits per heavy atom. The minimum Gasteiger partial charge on any atom is -0.461 e. The Morgan fingerprint density at radius 2 is 1.86 bits per heavy atom. The minimum absolute atomic E-state index is 0.0429. The molecule has 0 radical (unpaired) electrons. The van der Waals surface area contributed by atoms with Gasteiger partial charge in [0.1, 0.15) is 17.8 Å². The molecule has 0 atom stereocenters. The smallest absolute Gasteiger partial charge is 0.396 e. The van der Waals surface area contributed by atoms with Crippen molar-refractivity contribution in [2.24, 2.45) is 0 Å². The number of hydrogen-bond acceptors (Lipinski definition) is 1. The molecule has 0 N–H and O–H groups in total. The summed E-state index contributed by atoms with van der Waals surface area (Å²) in [5, 5.41) is 0.701. The zero-order valence-electron chi connectivity index (χ0n) is 7.14. The Balaban J connectivity index is 2.36. The van der Waals surface area contributed by atoms with Gasteiger partial charge in [0.15, 0.2) is 0 Å². The Hall–Kier alpha value is -1.45. The van der Waals surface area contributed by atoms with Crippen molar-refractivity contribution in [1.29, 1.82) is 0 Å². The molecular formula is C10H7F3O. The topological polar surface area (TPSA) is 13.1 Å². The molecule has 0 spiro atoms. The van der Waals surface area contributed by atoms with E-state index in [1.165, 1.54) is 6.07 Å². The second kappa shape index (κ2) is 3.04. The molecule has 0 fully saturated rings. The summed E-state index contributed by atoms with van der Waals surface area (Å²) in [6.45, 7) is 0. The zero-order valence-corrected chi connectivity index (χ0v) is 7.14. The second-order valence-electron chi connectivity index (χ2n) is 3.04. The largest absolute Gasteiger partial charge is 0.461 e. The molecule has 1 aromatic heterocycles. The molecule has 1 nitrogen and oxygen atoms in total. The summed E-state index contributed by atoms with van der Waals surface area (Å²) < 4.78 is 41.1. The Morgan fingerprint density at radius 1 is 1.14 bits per heavy atom. The van der Waals surface area contributed by atoms with Crippen molar-refractivity contribution in [3.63, 3.8) is 0 Å². The van der Waals surface area contributed by atoms with Gasteiger partial charge in [0.05, 0.1) is 0 Å². The van der Waals surface area contributed by atoms with Gasteiger partial charge in [0.2, 0.25) is 0 Å². The van der Waals surface area contributed by atoms with Crippen molar-refractivity contribution in [3.8, 4) is 0 Å². The summed E-state index contributed by atoms with van der Waals surface area (Å²) in [6.07, 6.45) is -5.23. The van der Waals surface area contributed by atoms with Gasteiger partial charge >= 0.3 is 6.18 Å². The van der Waals surface area contributed by atoms with Crippen LogP contribution in [-0.2, 0) is 6.42 Å². The van der Waals surface area contributed by atoms with Crippen molar-refractivity contribution in [3.05, 3.63) is 36.1 Å². The maximum absolute atomic E-state index is 12.0. The normalized spacial score (nSPS) is 12.2. The van der Waals surface area contributed by atoms with E-state index in [1.807, 2.05) is 0 Å². The lowest BCUT2D eigenvalue weighted by atomic mass is 10.2. The third-order valence-electron chi connectivity index (χ3n) is 1.85. The molecule has 0 bridgehead atoms. The number of benzene rings is 1. The molecule has 2 aromatic rings. The molecule has 1 aromatic carbocycles. The predicted octanol–water partition coefficient (Wildman–Crippen LogP) is 3.54. The average molecular weight is 200 g/mol. The molecule has 0 aliphatic heterocycles. The summed E-state index contributed by atoms with van der Waals surface area (Å²) in [4.78, 5) is 0. The van der Waals surface area contributed by atoms with Gasteiger partial charge in [0, 0.05) is 5.39 Å². The van der Waals surface area contributed by atoms with Crippen molar-refractivity contribution in [2.45, 2.75) is 12.6 Å². The fourth-order valence-electron chi connectivity index (χ4n) is 1.32. The van der Waals surface area contributed by atoms with Crippen LogP contribution >= 0.6 is 0 Å². The van der Waals surface area contributed by atoms with Gasteiger partial charge < -0.3 is 4.42 Å². The summed E-state index contributed by atoms with van der Waals surface area (Å²) in [5.74, 6) is -0.0429. The van der Waals surface area contributed by atoms with E-state index in [2.05, 4.69) is 0 Å². The van der Waals surface area contributed by atoms with Crippen LogP contribution in [0.4, 0.5) is 13.2 Å². The van der Waals surface area contributed by atoms with Gasteiger partial charge in [-0.25, -0.2) is 0 Å². The molecule has 0 unspecified atom stereocenters. The second-order valence-corrected chi connectivity index (χ2v) is 3.04. The van der Waals surface area contributed by atoms with Crippen LogP contribution in [0.1, 0.15) is 5.76 Å². The van der Waals surface area contributed by atoms with E-state index in [0.717, 1.165) is 0 Å². The highest BCUT2D eigenvalue weighted by Gasteiger charge is 2.29. The van der Waals surface area contributed by atoms with Crippen LogP contribution in [0.15, 0.2) is 34.7 Å². The summed E-state index contributed by atoms with van der Waals surface area (Å²) in [7, 11) is 0. The van der Waals surface area contributed by atoms with E-state index >= 15 is 0 Å². The Labute approximate surface area is 78.1 Å². The van der Waals surface area contributed by atoms with E-state index < -0.39 is 12.6 Å². The molecule has 0 aliphatic carbocycles. The first kappa shape index (κ1) is 9.12. The van der Waals surface area contributed by atoms with Gasteiger partial charge in [-0.15, -0.1) is 0 Å². The van der Waals surface area contributed by atoms with Crippen LogP contribution in [-0.4, -0.2) is 6.18 Å². The number of halogens is 3. The van der Waals surface area contributed by atoms with E-state index in [1.54, 1.807) is 24.3 Å². The van der Waals surface area contributed by atoms with Crippen LogP contribution in [0.25, 0.3) is 11.0 Å². The lowest BCUT2D eigenvalue weighted by molar-refractivity contribution is -0.129.